The summed E-state index contributed by atoms with van der Waals surface area (Å²) in [5.74, 6) is 0.513. The Labute approximate surface area is 149 Å². The Kier molecular flexibility index (Phi) is 7.89. The molecule has 8 heteroatoms. The fourth-order valence-corrected chi connectivity index (χ4v) is 3.37. The van der Waals surface area contributed by atoms with E-state index < -0.39 is 10.0 Å². The summed E-state index contributed by atoms with van der Waals surface area (Å²) in [5.41, 5.74) is 0.791. The lowest BCUT2D eigenvalue weighted by atomic mass is 10.1. The Morgan fingerprint density at radius 3 is 2.54 bits per heavy atom. The summed E-state index contributed by atoms with van der Waals surface area (Å²) in [6.07, 6.45) is 4.28. The van der Waals surface area contributed by atoms with Gasteiger partial charge >= 0.3 is 0 Å². The summed E-state index contributed by atoms with van der Waals surface area (Å²) >= 11 is 0. The number of nitrogens with one attached hydrogen (secondary N) is 2. The SMILES string of the molecule is CNCC1CCN(C(=O)C=Cc2ccc(S(=O)(=O)NC)cc2)C1.Cl. The second-order valence-corrected chi connectivity index (χ2v) is 7.49. The molecule has 0 radical (unpaired) electrons. The largest absolute Gasteiger partial charge is 0.339 e. The van der Waals surface area contributed by atoms with Crippen LogP contribution in [-0.4, -0.2) is 53.0 Å². The fourth-order valence-electron chi connectivity index (χ4n) is 2.64. The van der Waals surface area contributed by atoms with Crippen LogP contribution in [0.4, 0.5) is 0 Å². The van der Waals surface area contributed by atoms with Gasteiger partial charge in [-0.1, -0.05) is 12.1 Å². The lowest BCUT2D eigenvalue weighted by molar-refractivity contribution is -0.125. The summed E-state index contributed by atoms with van der Waals surface area (Å²) in [4.78, 5) is 14.2. The molecule has 2 N–H and O–H groups in total. The van der Waals surface area contributed by atoms with Gasteiger partial charge < -0.3 is 10.2 Å². The van der Waals surface area contributed by atoms with Crippen LogP contribution >= 0.6 is 12.4 Å². The molecular weight excluding hydrogens is 350 g/mol. The van der Waals surface area contributed by atoms with Crippen LogP contribution in [0.3, 0.4) is 0 Å². The molecule has 1 amide bonds. The highest BCUT2D eigenvalue weighted by Gasteiger charge is 2.24. The first-order valence-corrected chi connectivity index (χ1v) is 9.10. The van der Waals surface area contributed by atoms with Gasteiger partial charge in [-0.3, -0.25) is 4.79 Å². The number of rotatable bonds is 6. The van der Waals surface area contributed by atoms with Crippen molar-refractivity contribution in [3.63, 3.8) is 0 Å². The third-order valence-corrected chi connectivity index (χ3v) is 5.40. The molecule has 0 saturated carbocycles. The molecule has 1 heterocycles. The highest BCUT2D eigenvalue weighted by Crippen LogP contribution is 2.16. The Morgan fingerprint density at radius 1 is 1.29 bits per heavy atom. The van der Waals surface area contributed by atoms with Crippen LogP contribution in [0.15, 0.2) is 35.2 Å². The topological polar surface area (TPSA) is 78.5 Å². The van der Waals surface area contributed by atoms with Gasteiger partial charge in [-0.2, -0.15) is 0 Å². The van der Waals surface area contributed by atoms with Crippen LogP contribution in [-0.2, 0) is 14.8 Å². The summed E-state index contributed by atoms with van der Waals surface area (Å²) in [7, 11) is -0.133. The van der Waals surface area contributed by atoms with E-state index in [1.807, 2.05) is 11.9 Å². The van der Waals surface area contributed by atoms with Crippen molar-refractivity contribution in [2.24, 2.45) is 5.92 Å². The summed E-state index contributed by atoms with van der Waals surface area (Å²) in [6.45, 7) is 2.49. The Hall–Kier alpha value is -1.41. The zero-order valence-electron chi connectivity index (χ0n) is 13.9. The van der Waals surface area contributed by atoms with Crippen molar-refractivity contribution in [3.05, 3.63) is 35.9 Å². The minimum absolute atomic E-state index is 0. The number of carbonyl (C=O) groups is 1. The number of likely N-dealkylation sites (tertiary alicyclic amines) is 1. The Morgan fingerprint density at radius 2 is 1.96 bits per heavy atom. The standard InChI is InChI=1S/C16H23N3O3S.ClH/c1-17-11-14-9-10-19(12-14)16(20)8-5-13-3-6-15(7-4-13)23(21,22)18-2;/h3-8,14,17-18H,9-12H2,1-2H3;1H. The van der Waals surface area contributed by atoms with Gasteiger partial charge in [0.2, 0.25) is 15.9 Å². The van der Waals surface area contributed by atoms with E-state index in [0.29, 0.717) is 5.92 Å². The third kappa shape index (κ3) is 5.31. The average molecular weight is 374 g/mol. The molecule has 1 fully saturated rings. The third-order valence-electron chi connectivity index (χ3n) is 3.97. The summed E-state index contributed by atoms with van der Waals surface area (Å²) in [6, 6.07) is 6.41. The zero-order chi connectivity index (χ0) is 16.9. The van der Waals surface area contributed by atoms with Crippen molar-refractivity contribution in [1.29, 1.82) is 0 Å². The molecule has 0 aromatic heterocycles. The van der Waals surface area contributed by atoms with Crippen LogP contribution < -0.4 is 10.0 Å². The zero-order valence-corrected chi connectivity index (χ0v) is 15.5. The molecule has 6 nitrogen and oxygen atoms in total. The Balaban J connectivity index is 0.00000288. The monoisotopic (exact) mass is 373 g/mol. The number of sulfonamides is 1. The number of hydrogen-bond acceptors (Lipinski definition) is 4. The number of carbonyl (C=O) groups excluding carboxylic acids is 1. The molecule has 1 aromatic rings. The van der Waals surface area contributed by atoms with Crippen LogP contribution in [0.5, 0.6) is 0 Å². The van der Waals surface area contributed by atoms with Crippen LogP contribution in [0.25, 0.3) is 6.08 Å². The molecule has 2 rings (SSSR count). The van der Waals surface area contributed by atoms with E-state index in [4.69, 9.17) is 0 Å². The second-order valence-electron chi connectivity index (χ2n) is 5.61. The predicted octanol–water partition coefficient (Wildman–Crippen LogP) is 1.10. The fraction of sp³-hybridized carbons (Fsp3) is 0.438. The minimum atomic E-state index is -3.43. The van der Waals surface area contributed by atoms with E-state index in [2.05, 4.69) is 10.0 Å². The molecule has 0 aliphatic carbocycles. The highest BCUT2D eigenvalue weighted by molar-refractivity contribution is 7.89. The van der Waals surface area contributed by atoms with Gasteiger partial charge in [0.05, 0.1) is 4.90 Å². The van der Waals surface area contributed by atoms with Gasteiger partial charge in [0, 0.05) is 19.2 Å². The molecule has 1 saturated heterocycles. The van der Waals surface area contributed by atoms with Crippen molar-refractivity contribution in [2.45, 2.75) is 11.3 Å². The Bertz CT molecular complexity index is 674. The number of amides is 1. The van der Waals surface area contributed by atoms with E-state index in [1.165, 1.54) is 19.2 Å². The normalized spacial score (nSPS) is 17.9. The number of nitrogens with zero attached hydrogens (tertiary/aromatic N) is 1. The first-order valence-electron chi connectivity index (χ1n) is 7.61. The molecular formula is C16H24ClN3O3S. The van der Waals surface area contributed by atoms with E-state index in [-0.39, 0.29) is 23.2 Å². The molecule has 1 atom stereocenters. The molecule has 0 bridgehead atoms. The predicted molar refractivity (Wildman–Crippen MR) is 97.6 cm³/mol. The van der Waals surface area contributed by atoms with E-state index in [0.717, 1.165) is 31.6 Å². The van der Waals surface area contributed by atoms with Crippen molar-refractivity contribution >= 4 is 34.4 Å². The molecule has 134 valence electrons. The van der Waals surface area contributed by atoms with Crippen LogP contribution in [0, 0.1) is 5.92 Å². The van der Waals surface area contributed by atoms with Crippen LogP contribution in [0.1, 0.15) is 12.0 Å². The van der Waals surface area contributed by atoms with E-state index in [9.17, 15) is 13.2 Å². The highest BCUT2D eigenvalue weighted by atomic mass is 35.5. The van der Waals surface area contributed by atoms with Crippen LogP contribution in [0.2, 0.25) is 0 Å². The maximum Gasteiger partial charge on any atom is 0.246 e. The van der Waals surface area contributed by atoms with Gasteiger partial charge in [0.1, 0.15) is 0 Å². The second kappa shape index (κ2) is 9.17. The minimum Gasteiger partial charge on any atom is -0.339 e. The van der Waals surface area contributed by atoms with Gasteiger partial charge in [-0.25, -0.2) is 13.1 Å². The summed E-state index contributed by atoms with van der Waals surface area (Å²) < 4.78 is 25.5. The number of halogens is 1. The number of hydrogen-bond donors (Lipinski definition) is 2. The lowest BCUT2D eigenvalue weighted by Crippen LogP contribution is -2.28. The lowest BCUT2D eigenvalue weighted by Gasteiger charge is -2.14. The molecule has 24 heavy (non-hydrogen) atoms. The quantitative estimate of drug-likeness (QED) is 0.732. The van der Waals surface area contributed by atoms with E-state index in [1.54, 1.807) is 24.3 Å². The average Bonchev–Trinajstić information content (AvgIpc) is 3.02. The van der Waals surface area contributed by atoms with Crippen molar-refractivity contribution < 1.29 is 13.2 Å². The molecule has 1 aliphatic rings. The first kappa shape index (κ1) is 20.6. The molecule has 1 unspecified atom stereocenters. The van der Waals surface area contributed by atoms with Gasteiger partial charge in [0.25, 0.3) is 0 Å². The van der Waals surface area contributed by atoms with Crippen molar-refractivity contribution in [3.8, 4) is 0 Å². The first-order chi connectivity index (χ1) is 11.0. The molecule has 1 aliphatic heterocycles. The van der Waals surface area contributed by atoms with Gasteiger partial charge in [-0.05, 0) is 56.8 Å². The summed E-state index contributed by atoms with van der Waals surface area (Å²) in [5, 5.41) is 3.14. The van der Waals surface area contributed by atoms with Crippen molar-refractivity contribution in [2.75, 3.05) is 33.7 Å². The van der Waals surface area contributed by atoms with Gasteiger partial charge in [-0.15, -0.1) is 12.4 Å². The molecule has 0 spiro atoms. The van der Waals surface area contributed by atoms with Gasteiger partial charge in [0.15, 0.2) is 0 Å². The number of benzene rings is 1. The maximum atomic E-state index is 12.2. The smallest absolute Gasteiger partial charge is 0.246 e. The van der Waals surface area contributed by atoms with E-state index >= 15 is 0 Å². The molecule has 1 aromatic carbocycles. The maximum absolute atomic E-state index is 12.2. The van der Waals surface area contributed by atoms with Crippen molar-refractivity contribution in [1.82, 2.24) is 14.9 Å².